The normalized spacial score (nSPS) is 38.5. The standard InChI is InChI=1S/C24H36O3.C21H27F3O4.C20H32O3.C18H28O3.3Ac/c1-2-24(14-18-12-22(24)21-5-3-4-20(18)21)27-23(26)13-19(25)9-8-17-11-15-6-7-16(17)10-15;1-2-20(11-13-4-6-15(20)8-13)28-18(25)10-17(27-19(26)21(22,23)24)16-9-12-3-5-14(16)7-12;1-3-20(9-5-4-6-10-20)23-18(21)14-19(2,22)13-17-12-15-7-8-16(17)11-15;1-3-18(8-4-5-9-18)21-16(19)12-17(2,20)15-11-13-6-7-14(15)10-13;;;/h6-7,15-22,25H,2-5,8-14H2,1H3;3,5,12-17H,2,4,6-11H2,1H3;7-8,15-17,22H,3-6,9-14H2,1-2H3;6-7,13-15,20H,3-5,8-12H2,1-2H3;;;. The molecule has 24 atom stereocenters. The maximum Gasteiger partial charge on any atom is 0.490 e. The van der Waals surface area contributed by atoms with Crippen molar-refractivity contribution in [2.24, 2.45) is 107 Å². The van der Waals surface area contributed by atoms with Crippen molar-refractivity contribution in [2.45, 2.75) is 331 Å². The van der Waals surface area contributed by atoms with E-state index in [0.717, 1.165) is 170 Å². The van der Waals surface area contributed by atoms with Gasteiger partial charge in [0.1, 0.15) is 28.5 Å². The van der Waals surface area contributed by atoms with E-state index in [9.17, 15) is 52.5 Å². The number of hydrogen-bond acceptors (Lipinski definition) is 13. The molecular weight excluding hydrogens is 1940 g/mol. The SMILES string of the molecule is CCC1(OC(=O)CC(C)(O)C2CC3C=CC2C3)CCCC1.CCC1(OC(=O)CC(C)(O)CC2CC3C=CC2C3)CCCCC1.CCC1(OC(=O)CC(O)CCC2CC3C=CC2C3)CC2CC1C1CCCC21.CCC1(OC(=O)CC(OC(=O)C(F)(F)F)C2CC3C=CC2C3)CC2CCC1C2.[Ac].[Ac].[Ac]. The fourth-order valence-corrected chi connectivity index (χ4v) is 24.0. The largest absolute Gasteiger partial charge is 0.490 e. The van der Waals surface area contributed by atoms with Gasteiger partial charge in [-0.25, -0.2) is 4.79 Å². The molecule has 0 spiro atoms. The summed E-state index contributed by atoms with van der Waals surface area (Å²) in [5.41, 5.74) is -3.10. The Kier molecular flexibility index (Phi) is 30.8. The van der Waals surface area contributed by atoms with E-state index >= 15 is 0 Å². The molecule has 0 aromatic carbocycles. The van der Waals surface area contributed by atoms with Crippen LogP contribution >= 0.6 is 0 Å². The fraction of sp³-hybridized carbons (Fsp3) is 0.843. The van der Waals surface area contributed by atoms with Crippen LogP contribution in [0.4, 0.5) is 13.2 Å². The quantitative estimate of drug-likeness (QED) is 0.0470. The van der Waals surface area contributed by atoms with Crippen LogP contribution in [-0.4, -0.2) is 97.2 Å². The minimum Gasteiger partial charge on any atom is -0.459 e. The summed E-state index contributed by atoms with van der Waals surface area (Å²) in [6.07, 6.45) is 46.3. The molecule has 24 unspecified atom stereocenters. The molecule has 3 radical (unpaired) electrons. The molecule has 0 aliphatic heterocycles. The number of halogens is 3. The summed E-state index contributed by atoms with van der Waals surface area (Å²) in [6.45, 7) is 12.0. The Hall–Kier alpha value is 0.305. The first-order valence-corrected chi connectivity index (χ1v) is 40.1. The van der Waals surface area contributed by atoms with Crippen molar-refractivity contribution in [1.29, 1.82) is 0 Å². The maximum atomic E-state index is 12.8. The number of alkyl halides is 3. The molecule has 11 saturated carbocycles. The van der Waals surface area contributed by atoms with Gasteiger partial charge in [-0.05, 0) is 308 Å². The minimum absolute atomic E-state index is 0. The molecule has 13 nitrogen and oxygen atoms in total. The molecule has 0 aromatic rings. The molecule has 15 rings (SSSR count). The van der Waals surface area contributed by atoms with Gasteiger partial charge in [-0.15, -0.1) is 0 Å². The molecule has 563 valence electrons. The van der Waals surface area contributed by atoms with Crippen LogP contribution in [0, 0.1) is 239 Å². The number of fused-ring (bicyclic) bond motifs is 15. The van der Waals surface area contributed by atoms with E-state index in [1.54, 1.807) is 0 Å². The molecule has 0 heterocycles. The third-order valence-corrected chi connectivity index (χ3v) is 29.1. The molecule has 0 saturated heterocycles. The van der Waals surface area contributed by atoms with Crippen LogP contribution in [0.3, 0.4) is 0 Å². The van der Waals surface area contributed by atoms with E-state index in [-0.39, 0.29) is 210 Å². The van der Waals surface area contributed by atoms with E-state index < -0.39 is 47.1 Å². The number of rotatable bonds is 24. The van der Waals surface area contributed by atoms with Crippen molar-refractivity contribution in [1.82, 2.24) is 0 Å². The van der Waals surface area contributed by atoms with Crippen LogP contribution in [0.15, 0.2) is 48.6 Å². The second-order valence-electron chi connectivity index (χ2n) is 35.6. The first kappa shape index (κ1) is 86.3. The van der Waals surface area contributed by atoms with Crippen LogP contribution < -0.4 is 0 Å². The monoisotopic (exact) mass is 2070 g/mol. The topological polar surface area (TPSA) is 192 Å². The summed E-state index contributed by atoms with van der Waals surface area (Å²) in [5, 5.41) is 32.0. The summed E-state index contributed by atoms with van der Waals surface area (Å²) in [5.74, 6) is 6.11. The molecule has 19 heteroatoms. The van der Waals surface area contributed by atoms with Crippen LogP contribution in [0.25, 0.3) is 0 Å². The Balaban J connectivity index is 0.000000158. The van der Waals surface area contributed by atoms with Gasteiger partial charge in [0, 0.05) is 144 Å². The van der Waals surface area contributed by atoms with Crippen LogP contribution in [0.5, 0.6) is 0 Å². The molecule has 0 amide bonds. The average Bonchev–Trinajstić information content (AvgIpc) is 1.57. The Morgan fingerprint density at radius 2 is 1.05 bits per heavy atom. The molecule has 11 fully saturated rings. The van der Waals surface area contributed by atoms with Crippen molar-refractivity contribution in [3.8, 4) is 0 Å². The van der Waals surface area contributed by atoms with E-state index in [2.05, 4.69) is 63.3 Å². The van der Waals surface area contributed by atoms with E-state index in [1.807, 2.05) is 26.8 Å². The van der Waals surface area contributed by atoms with Crippen LogP contribution in [-0.2, 0) is 47.7 Å². The summed E-state index contributed by atoms with van der Waals surface area (Å²) in [7, 11) is 0. The number of aliphatic hydroxyl groups excluding tert-OH is 1. The summed E-state index contributed by atoms with van der Waals surface area (Å²) >= 11 is 0. The first-order chi connectivity index (χ1) is 47.1. The van der Waals surface area contributed by atoms with Gasteiger partial charge in [0.05, 0.1) is 43.0 Å². The fourth-order valence-electron chi connectivity index (χ4n) is 24.0. The van der Waals surface area contributed by atoms with Gasteiger partial charge < -0.3 is 39.0 Å². The van der Waals surface area contributed by atoms with E-state index in [0.29, 0.717) is 72.5 Å². The van der Waals surface area contributed by atoms with E-state index in [4.69, 9.17) is 23.7 Å². The number of ether oxygens (including phenoxy) is 5. The van der Waals surface area contributed by atoms with Gasteiger partial charge in [-0.3, -0.25) is 19.2 Å². The summed E-state index contributed by atoms with van der Waals surface area (Å²) in [4.78, 5) is 61.6. The van der Waals surface area contributed by atoms with Crippen molar-refractivity contribution < 1.29 is 208 Å². The number of hydrogen-bond donors (Lipinski definition) is 3. The van der Waals surface area contributed by atoms with Crippen molar-refractivity contribution in [3.63, 3.8) is 0 Å². The zero-order valence-electron chi connectivity index (χ0n) is 62.6. The van der Waals surface area contributed by atoms with Crippen molar-refractivity contribution >= 4 is 29.8 Å². The Morgan fingerprint density at radius 1 is 0.520 bits per heavy atom. The maximum absolute atomic E-state index is 12.8. The molecule has 102 heavy (non-hydrogen) atoms. The zero-order valence-corrected chi connectivity index (χ0v) is 76.9. The number of carbonyl (C=O) groups excluding carboxylic acids is 5. The second kappa shape index (κ2) is 36.4. The van der Waals surface area contributed by atoms with Crippen molar-refractivity contribution in [3.05, 3.63) is 48.6 Å². The van der Waals surface area contributed by atoms with Gasteiger partial charge in [0.15, 0.2) is 0 Å². The van der Waals surface area contributed by atoms with E-state index in [1.165, 1.54) is 57.8 Å². The van der Waals surface area contributed by atoms with Gasteiger partial charge in [-0.1, -0.05) is 89.1 Å². The number of carbonyl (C=O) groups is 5. The zero-order chi connectivity index (χ0) is 70.3. The number of allylic oxidation sites excluding steroid dienone is 8. The predicted molar refractivity (Wildman–Crippen MR) is 371 cm³/mol. The summed E-state index contributed by atoms with van der Waals surface area (Å²) in [6, 6.07) is 0. The second-order valence-corrected chi connectivity index (χ2v) is 35.6. The molecule has 3 N–H and O–H groups in total. The molecular formula is C83H123Ac3F3O13. The van der Waals surface area contributed by atoms with Gasteiger partial charge in [0.2, 0.25) is 0 Å². The molecule has 15 aliphatic carbocycles. The predicted octanol–water partition coefficient (Wildman–Crippen LogP) is 17.4. The molecule has 0 aromatic heterocycles. The van der Waals surface area contributed by atoms with Crippen LogP contribution in [0.1, 0.15) is 279 Å². The van der Waals surface area contributed by atoms with Gasteiger partial charge in [-0.2, -0.15) is 13.2 Å². The minimum atomic E-state index is -5.06. The van der Waals surface area contributed by atoms with Gasteiger partial charge >= 0.3 is 36.0 Å². The third kappa shape index (κ3) is 20.4. The Labute approximate surface area is 715 Å². The van der Waals surface area contributed by atoms with Crippen molar-refractivity contribution in [2.75, 3.05) is 0 Å². The number of esters is 5. The first-order valence-electron chi connectivity index (χ1n) is 40.1. The summed E-state index contributed by atoms with van der Waals surface area (Å²) < 4.78 is 66.8. The average molecular weight is 2070 g/mol. The van der Waals surface area contributed by atoms with Crippen LogP contribution in [0.2, 0.25) is 0 Å². The molecule has 15 aliphatic rings. The number of aliphatic hydroxyl groups is 3. The molecule has 12 bridgehead atoms. The smallest absolute Gasteiger partial charge is 0.459 e. The Bertz CT molecular complexity index is 2970. The van der Waals surface area contributed by atoms with Gasteiger partial charge in [0.25, 0.3) is 0 Å². The Morgan fingerprint density at radius 3 is 1.55 bits per heavy atom. The third-order valence-electron chi connectivity index (χ3n) is 29.1.